The molecule has 0 aliphatic carbocycles. The van der Waals surface area contributed by atoms with Gasteiger partial charge in [-0.05, 0) is 30.2 Å². The number of nitrogens with one attached hydrogen (secondary N) is 1. The van der Waals surface area contributed by atoms with Crippen LogP contribution in [0.5, 0.6) is 5.75 Å². The minimum Gasteiger partial charge on any atom is -0.493 e. The van der Waals surface area contributed by atoms with Gasteiger partial charge in [0.05, 0.1) is 33.2 Å². The van der Waals surface area contributed by atoms with Crippen molar-refractivity contribution in [2.24, 2.45) is 5.92 Å². The number of rotatable bonds is 4. The molecule has 22 heavy (non-hydrogen) atoms. The van der Waals surface area contributed by atoms with Gasteiger partial charge < -0.3 is 9.72 Å². The normalized spacial score (nSPS) is 11.3. The zero-order valence-corrected chi connectivity index (χ0v) is 13.9. The van der Waals surface area contributed by atoms with Crippen molar-refractivity contribution >= 4 is 34.2 Å². The van der Waals surface area contributed by atoms with E-state index in [0.29, 0.717) is 22.6 Å². The number of fused-ring (bicyclic) bond motifs is 1. The van der Waals surface area contributed by atoms with Crippen LogP contribution in [-0.4, -0.2) is 16.6 Å². The van der Waals surface area contributed by atoms with Crippen LogP contribution in [0.3, 0.4) is 0 Å². The predicted molar refractivity (Wildman–Crippen MR) is 91.9 cm³/mol. The first-order valence-corrected chi connectivity index (χ1v) is 7.87. The average Bonchev–Trinajstić information content (AvgIpc) is 2.88. The largest absolute Gasteiger partial charge is 0.493 e. The fourth-order valence-electron chi connectivity index (χ4n) is 2.18. The Morgan fingerprint density at radius 2 is 1.86 bits per heavy atom. The van der Waals surface area contributed by atoms with Crippen LogP contribution in [0.2, 0.25) is 10.0 Å². The number of nitrogens with zero attached hydrogens (tertiary/aromatic N) is 1. The lowest BCUT2D eigenvalue weighted by Gasteiger charge is -2.11. The molecule has 0 aliphatic rings. The second-order valence-electron chi connectivity index (χ2n) is 5.57. The molecule has 3 rings (SSSR count). The number of ether oxygens (including phenoxy) is 1. The number of hydrogen-bond acceptors (Lipinski definition) is 2. The second-order valence-corrected chi connectivity index (χ2v) is 6.38. The molecule has 0 radical (unpaired) electrons. The van der Waals surface area contributed by atoms with E-state index in [-0.39, 0.29) is 0 Å². The summed E-state index contributed by atoms with van der Waals surface area (Å²) in [4.78, 5) is 7.87. The summed E-state index contributed by atoms with van der Waals surface area (Å²) >= 11 is 12.1. The number of imidazole rings is 1. The summed E-state index contributed by atoms with van der Waals surface area (Å²) in [5.41, 5.74) is 2.55. The van der Waals surface area contributed by atoms with Crippen molar-refractivity contribution in [2.75, 3.05) is 6.61 Å². The summed E-state index contributed by atoms with van der Waals surface area (Å²) in [5.74, 6) is 2.02. The minimum absolute atomic E-state index is 0.460. The molecule has 0 bridgehead atoms. The monoisotopic (exact) mass is 334 g/mol. The van der Waals surface area contributed by atoms with E-state index in [0.717, 1.165) is 28.2 Å². The summed E-state index contributed by atoms with van der Waals surface area (Å²) in [5, 5.41) is 1.00. The van der Waals surface area contributed by atoms with Crippen molar-refractivity contribution in [3.05, 3.63) is 46.4 Å². The third-order valence-corrected chi connectivity index (χ3v) is 3.96. The highest BCUT2D eigenvalue weighted by molar-refractivity contribution is 6.42. The molecule has 2 aromatic carbocycles. The predicted octanol–water partition coefficient (Wildman–Crippen LogP) is 5.57. The lowest BCUT2D eigenvalue weighted by atomic mass is 10.2. The molecule has 1 aromatic heterocycles. The van der Waals surface area contributed by atoms with Gasteiger partial charge in [0.25, 0.3) is 0 Å². The number of hydrogen-bond donors (Lipinski definition) is 1. The van der Waals surface area contributed by atoms with Crippen LogP contribution in [0.15, 0.2) is 36.4 Å². The van der Waals surface area contributed by atoms with Crippen molar-refractivity contribution in [2.45, 2.75) is 13.8 Å². The lowest BCUT2D eigenvalue weighted by molar-refractivity contribution is 0.272. The highest BCUT2D eigenvalue weighted by atomic mass is 35.5. The SMILES string of the molecule is CC(C)COc1ccccc1-c1nc2cc(Cl)c(Cl)cc2[nH]1. The van der Waals surface area contributed by atoms with Crippen LogP contribution in [0, 0.1) is 5.92 Å². The number of para-hydroxylation sites is 1. The van der Waals surface area contributed by atoms with Crippen molar-refractivity contribution in [3.63, 3.8) is 0 Å². The van der Waals surface area contributed by atoms with Crippen LogP contribution in [0.1, 0.15) is 13.8 Å². The van der Waals surface area contributed by atoms with Gasteiger partial charge in [0.15, 0.2) is 0 Å². The van der Waals surface area contributed by atoms with E-state index in [1.807, 2.05) is 24.3 Å². The Labute approximate surface area is 139 Å². The zero-order valence-electron chi connectivity index (χ0n) is 12.4. The maximum absolute atomic E-state index is 6.05. The van der Waals surface area contributed by atoms with Crippen molar-refractivity contribution in [3.8, 4) is 17.1 Å². The number of aromatic nitrogens is 2. The van der Waals surface area contributed by atoms with Gasteiger partial charge in [-0.25, -0.2) is 4.98 Å². The molecule has 5 heteroatoms. The highest BCUT2D eigenvalue weighted by Gasteiger charge is 2.12. The van der Waals surface area contributed by atoms with E-state index >= 15 is 0 Å². The van der Waals surface area contributed by atoms with Crippen LogP contribution < -0.4 is 4.74 Å². The highest BCUT2D eigenvalue weighted by Crippen LogP contribution is 2.32. The Bertz CT molecular complexity index is 773. The summed E-state index contributed by atoms with van der Waals surface area (Å²) in [6, 6.07) is 11.4. The lowest BCUT2D eigenvalue weighted by Crippen LogP contribution is -2.05. The molecular formula is C17H16Cl2N2O. The van der Waals surface area contributed by atoms with Crippen LogP contribution in [0.25, 0.3) is 22.4 Å². The van der Waals surface area contributed by atoms with E-state index < -0.39 is 0 Å². The Hall–Kier alpha value is -1.71. The standard InChI is InChI=1S/C17H16Cl2N2O/c1-10(2)9-22-16-6-4-3-5-11(16)17-20-14-7-12(18)13(19)8-15(14)21-17/h3-8,10H,9H2,1-2H3,(H,20,21). The third kappa shape index (κ3) is 3.06. The Kier molecular flexibility index (Phi) is 4.27. The fraction of sp³-hybridized carbons (Fsp3) is 0.235. The molecule has 0 aliphatic heterocycles. The molecular weight excluding hydrogens is 319 g/mol. The molecule has 0 saturated heterocycles. The molecule has 0 atom stereocenters. The van der Waals surface area contributed by atoms with Crippen molar-refractivity contribution in [1.29, 1.82) is 0 Å². The smallest absolute Gasteiger partial charge is 0.142 e. The minimum atomic E-state index is 0.460. The summed E-state index contributed by atoms with van der Waals surface area (Å²) in [6.45, 7) is 4.90. The van der Waals surface area contributed by atoms with Crippen molar-refractivity contribution < 1.29 is 4.74 Å². The first-order chi connectivity index (χ1) is 10.5. The van der Waals surface area contributed by atoms with E-state index in [2.05, 4.69) is 23.8 Å². The van der Waals surface area contributed by atoms with E-state index in [1.165, 1.54) is 0 Å². The summed E-state index contributed by atoms with van der Waals surface area (Å²) < 4.78 is 5.88. The topological polar surface area (TPSA) is 37.9 Å². The number of benzene rings is 2. The average molecular weight is 335 g/mol. The maximum Gasteiger partial charge on any atom is 0.142 e. The Balaban J connectivity index is 2.04. The molecule has 0 fully saturated rings. The zero-order chi connectivity index (χ0) is 15.7. The van der Waals surface area contributed by atoms with E-state index in [9.17, 15) is 0 Å². The Morgan fingerprint density at radius 3 is 2.64 bits per heavy atom. The van der Waals surface area contributed by atoms with Gasteiger partial charge in [0.2, 0.25) is 0 Å². The molecule has 3 aromatic rings. The molecule has 1 heterocycles. The first kappa shape index (κ1) is 15.2. The third-order valence-electron chi connectivity index (χ3n) is 3.24. The molecule has 1 N–H and O–H groups in total. The van der Waals surface area contributed by atoms with Gasteiger partial charge in [-0.3, -0.25) is 0 Å². The molecule has 0 unspecified atom stereocenters. The molecule has 0 saturated carbocycles. The fourth-order valence-corrected chi connectivity index (χ4v) is 2.50. The van der Waals surface area contributed by atoms with Gasteiger partial charge in [-0.1, -0.05) is 49.2 Å². The number of halogens is 2. The molecule has 0 amide bonds. The Morgan fingerprint density at radius 1 is 1.14 bits per heavy atom. The molecule has 0 spiro atoms. The van der Waals surface area contributed by atoms with Gasteiger partial charge in [0, 0.05) is 0 Å². The van der Waals surface area contributed by atoms with Crippen LogP contribution in [0.4, 0.5) is 0 Å². The number of aromatic amines is 1. The van der Waals surface area contributed by atoms with Gasteiger partial charge in [-0.2, -0.15) is 0 Å². The van der Waals surface area contributed by atoms with Crippen LogP contribution in [-0.2, 0) is 0 Å². The number of H-pyrrole nitrogens is 1. The van der Waals surface area contributed by atoms with Gasteiger partial charge in [-0.15, -0.1) is 0 Å². The second kappa shape index (κ2) is 6.19. The van der Waals surface area contributed by atoms with Crippen LogP contribution >= 0.6 is 23.2 Å². The maximum atomic E-state index is 6.05. The molecule has 3 nitrogen and oxygen atoms in total. The quantitative estimate of drug-likeness (QED) is 0.677. The van der Waals surface area contributed by atoms with Gasteiger partial charge >= 0.3 is 0 Å². The summed E-state index contributed by atoms with van der Waals surface area (Å²) in [7, 11) is 0. The van der Waals surface area contributed by atoms with Crippen molar-refractivity contribution in [1.82, 2.24) is 9.97 Å². The first-order valence-electron chi connectivity index (χ1n) is 7.11. The summed E-state index contributed by atoms with van der Waals surface area (Å²) in [6.07, 6.45) is 0. The molecule has 114 valence electrons. The van der Waals surface area contributed by atoms with Gasteiger partial charge in [0.1, 0.15) is 11.6 Å². The van der Waals surface area contributed by atoms with E-state index in [1.54, 1.807) is 12.1 Å². The van der Waals surface area contributed by atoms with E-state index in [4.69, 9.17) is 27.9 Å².